The van der Waals surface area contributed by atoms with Crippen molar-refractivity contribution >= 4 is 28.4 Å². The van der Waals surface area contributed by atoms with Crippen LogP contribution in [-0.2, 0) is 4.79 Å². The summed E-state index contributed by atoms with van der Waals surface area (Å²) >= 11 is 0. The Labute approximate surface area is 186 Å². The Morgan fingerprint density at radius 2 is 1.82 bits per heavy atom. The molecule has 33 heavy (non-hydrogen) atoms. The quantitative estimate of drug-likeness (QED) is 0.432. The van der Waals surface area contributed by atoms with Crippen molar-refractivity contribution in [1.29, 1.82) is 0 Å². The second-order valence-corrected chi connectivity index (χ2v) is 7.17. The monoisotopic (exact) mass is 458 g/mol. The third-order valence-electron chi connectivity index (χ3n) is 4.91. The summed E-state index contributed by atoms with van der Waals surface area (Å²) in [5.74, 6) is -0.342. The third kappa shape index (κ3) is 4.66. The standard InChI is InChI=1S/C22H21F3N6O2/c1-3-15(20(32)26-4-2)27-21-28-16-11-7-5-9-13(16)19-29-18(30-31(19)21)14-10-6-8-12-17(14)33-22(23,24)25/h5-12,15H,3-4H2,1-2H3,(H,26,32)(H,27,28). The SMILES string of the molecule is CCNC(=O)C(CC)Nc1nc2ccccc2c2nc(-c3ccccc3OC(F)(F)F)nn12. The zero-order chi connectivity index (χ0) is 23.6. The van der Waals surface area contributed by atoms with E-state index in [9.17, 15) is 18.0 Å². The third-order valence-corrected chi connectivity index (χ3v) is 4.91. The van der Waals surface area contributed by atoms with Crippen LogP contribution in [0, 0.1) is 0 Å². The molecule has 2 aromatic carbocycles. The van der Waals surface area contributed by atoms with Gasteiger partial charge in [0.2, 0.25) is 11.9 Å². The first kappa shape index (κ1) is 22.3. The van der Waals surface area contributed by atoms with Crippen molar-refractivity contribution in [2.75, 3.05) is 11.9 Å². The van der Waals surface area contributed by atoms with Crippen molar-refractivity contribution in [3.05, 3.63) is 48.5 Å². The zero-order valence-corrected chi connectivity index (χ0v) is 17.8. The lowest BCUT2D eigenvalue weighted by Crippen LogP contribution is -2.39. The van der Waals surface area contributed by atoms with E-state index in [1.807, 2.05) is 13.8 Å². The van der Waals surface area contributed by atoms with Crippen molar-refractivity contribution < 1.29 is 22.7 Å². The van der Waals surface area contributed by atoms with Crippen LogP contribution in [0.15, 0.2) is 48.5 Å². The van der Waals surface area contributed by atoms with Gasteiger partial charge in [-0.05, 0) is 37.6 Å². The number of amides is 1. The molecule has 0 aliphatic rings. The lowest BCUT2D eigenvalue weighted by molar-refractivity contribution is -0.274. The molecule has 1 amide bonds. The van der Waals surface area contributed by atoms with Gasteiger partial charge in [-0.1, -0.05) is 31.2 Å². The number of anilines is 1. The lowest BCUT2D eigenvalue weighted by atomic mass is 10.2. The molecule has 1 unspecified atom stereocenters. The molecule has 2 N–H and O–H groups in total. The maximum Gasteiger partial charge on any atom is 0.573 e. The van der Waals surface area contributed by atoms with Crippen molar-refractivity contribution in [2.45, 2.75) is 32.7 Å². The minimum Gasteiger partial charge on any atom is -0.405 e. The Hall–Kier alpha value is -3.89. The minimum atomic E-state index is -4.86. The molecule has 0 aliphatic heterocycles. The smallest absolute Gasteiger partial charge is 0.405 e. The molecule has 4 aromatic rings. The summed E-state index contributed by atoms with van der Waals surface area (Å²) < 4.78 is 44.3. The molecule has 8 nitrogen and oxygen atoms in total. The molecule has 0 bridgehead atoms. The van der Waals surface area contributed by atoms with Crippen LogP contribution < -0.4 is 15.4 Å². The van der Waals surface area contributed by atoms with Crippen molar-refractivity contribution in [3.8, 4) is 17.1 Å². The van der Waals surface area contributed by atoms with Gasteiger partial charge >= 0.3 is 6.36 Å². The molecule has 0 fully saturated rings. The number of fused-ring (bicyclic) bond motifs is 3. The molecule has 4 rings (SSSR count). The van der Waals surface area contributed by atoms with Crippen LogP contribution in [0.5, 0.6) is 5.75 Å². The number of nitrogens with one attached hydrogen (secondary N) is 2. The van der Waals surface area contributed by atoms with Crippen molar-refractivity contribution in [3.63, 3.8) is 0 Å². The highest BCUT2D eigenvalue weighted by atomic mass is 19.4. The number of rotatable bonds is 7. The molecular weight excluding hydrogens is 437 g/mol. The average Bonchev–Trinajstić information content (AvgIpc) is 3.22. The van der Waals surface area contributed by atoms with Gasteiger partial charge in [0.05, 0.1) is 11.1 Å². The highest BCUT2D eigenvalue weighted by Gasteiger charge is 2.32. The molecule has 172 valence electrons. The molecule has 0 spiro atoms. The highest BCUT2D eigenvalue weighted by Crippen LogP contribution is 2.33. The molecule has 2 heterocycles. The fourth-order valence-corrected chi connectivity index (χ4v) is 3.43. The number of aromatic nitrogens is 4. The van der Waals surface area contributed by atoms with E-state index in [0.717, 1.165) is 0 Å². The molecular formula is C22H21F3N6O2. The number of carbonyl (C=O) groups is 1. The number of ether oxygens (including phenoxy) is 1. The number of alkyl halides is 3. The Morgan fingerprint density at radius 3 is 2.55 bits per heavy atom. The van der Waals surface area contributed by atoms with E-state index in [-0.39, 0.29) is 23.2 Å². The first-order valence-electron chi connectivity index (χ1n) is 10.4. The molecule has 0 saturated carbocycles. The lowest BCUT2D eigenvalue weighted by Gasteiger charge is -2.17. The second-order valence-electron chi connectivity index (χ2n) is 7.17. The van der Waals surface area contributed by atoms with E-state index in [1.54, 1.807) is 30.3 Å². The largest absolute Gasteiger partial charge is 0.573 e. The normalized spacial score (nSPS) is 12.6. The molecule has 0 aliphatic carbocycles. The highest BCUT2D eigenvalue weighted by molar-refractivity contribution is 5.93. The number of benzene rings is 2. The number of hydrogen-bond acceptors (Lipinski definition) is 6. The summed E-state index contributed by atoms with van der Waals surface area (Å²) in [6.45, 7) is 4.14. The number of nitrogens with zero attached hydrogens (tertiary/aromatic N) is 4. The number of halogens is 3. The van der Waals surface area contributed by atoms with Crippen LogP contribution in [-0.4, -0.2) is 44.4 Å². The summed E-state index contributed by atoms with van der Waals surface area (Å²) in [7, 11) is 0. The first-order chi connectivity index (χ1) is 15.8. The molecule has 11 heteroatoms. The molecule has 0 saturated heterocycles. The van der Waals surface area contributed by atoms with Gasteiger partial charge in [0, 0.05) is 11.9 Å². The van der Waals surface area contributed by atoms with Crippen LogP contribution in [0.2, 0.25) is 0 Å². The van der Waals surface area contributed by atoms with Crippen LogP contribution in [0.1, 0.15) is 20.3 Å². The predicted molar refractivity (Wildman–Crippen MR) is 117 cm³/mol. The Morgan fingerprint density at radius 1 is 1.09 bits per heavy atom. The van der Waals surface area contributed by atoms with Gasteiger partial charge in [-0.15, -0.1) is 18.3 Å². The summed E-state index contributed by atoms with van der Waals surface area (Å²) in [6, 6.07) is 12.2. The van der Waals surface area contributed by atoms with E-state index >= 15 is 0 Å². The maximum absolute atomic E-state index is 12.9. The predicted octanol–water partition coefficient (Wildman–Crippen LogP) is 4.17. The van der Waals surface area contributed by atoms with Crippen LogP contribution >= 0.6 is 0 Å². The minimum absolute atomic E-state index is 0.0297. The Bertz CT molecular complexity index is 1300. The fourth-order valence-electron chi connectivity index (χ4n) is 3.43. The van der Waals surface area contributed by atoms with E-state index in [0.29, 0.717) is 29.5 Å². The first-order valence-corrected chi connectivity index (χ1v) is 10.4. The Balaban J connectivity index is 1.87. The van der Waals surface area contributed by atoms with Gasteiger partial charge in [0.25, 0.3) is 0 Å². The van der Waals surface area contributed by atoms with Gasteiger partial charge in [0.1, 0.15) is 11.8 Å². The topological polar surface area (TPSA) is 93.4 Å². The second kappa shape index (κ2) is 8.93. The molecule has 0 radical (unpaired) electrons. The summed E-state index contributed by atoms with van der Waals surface area (Å²) in [6.07, 6.45) is -4.39. The van der Waals surface area contributed by atoms with Gasteiger partial charge < -0.3 is 15.4 Å². The van der Waals surface area contributed by atoms with E-state index in [2.05, 4.69) is 30.4 Å². The van der Waals surface area contributed by atoms with Gasteiger partial charge in [-0.3, -0.25) is 4.79 Å². The zero-order valence-electron chi connectivity index (χ0n) is 17.8. The Kier molecular flexibility index (Phi) is 6.03. The summed E-state index contributed by atoms with van der Waals surface area (Å²) in [4.78, 5) is 21.5. The number of para-hydroxylation sites is 2. The van der Waals surface area contributed by atoms with Gasteiger partial charge in [-0.25, -0.2) is 9.97 Å². The van der Waals surface area contributed by atoms with E-state index < -0.39 is 18.2 Å². The molecule has 2 aromatic heterocycles. The van der Waals surface area contributed by atoms with Crippen LogP contribution in [0.4, 0.5) is 19.1 Å². The van der Waals surface area contributed by atoms with E-state index in [1.165, 1.54) is 22.7 Å². The van der Waals surface area contributed by atoms with Crippen LogP contribution in [0.25, 0.3) is 27.9 Å². The van der Waals surface area contributed by atoms with Crippen LogP contribution in [0.3, 0.4) is 0 Å². The van der Waals surface area contributed by atoms with Gasteiger partial charge in [0.15, 0.2) is 11.5 Å². The van der Waals surface area contributed by atoms with E-state index in [4.69, 9.17) is 0 Å². The number of likely N-dealkylation sites (N-methyl/N-ethyl adjacent to an activating group) is 1. The molecule has 1 atom stereocenters. The summed E-state index contributed by atoms with van der Waals surface area (Å²) in [5, 5.41) is 10.9. The average molecular weight is 458 g/mol. The fraction of sp³-hybridized carbons (Fsp3) is 0.273. The van der Waals surface area contributed by atoms with Crippen molar-refractivity contribution in [2.24, 2.45) is 0 Å². The van der Waals surface area contributed by atoms with Crippen molar-refractivity contribution in [1.82, 2.24) is 24.9 Å². The number of carbonyl (C=O) groups excluding carboxylic acids is 1. The summed E-state index contributed by atoms with van der Waals surface area (Å²) in [5.41, 5.74) is 1.05. The van der Waals surface area contributed by atoms with Gasteiger partial charge in [-0.2, -0.15) is 4.52 Å². The maximum atomic E-state index is 12.9. The number of hydrogen-bond donors (Lipinski definition) is 2.